The third-order valence-corrected chi connectivity index (χ3v) is 6.83. The number of nitrogen functional groups attached to an aromatic ring is 1. The van der Waals surface area contributed by atoms with Gasteiger partial charge in [-0.3, -0.25) is 9.78 Å². The van der Waals surface area contributed by atoms with E-state index in [0.29, 0.717) is 10.6 Å². The molecule has 6 heteroatoms. The highest BCUT2D eigenvalue weighted by molar-refractivity contribution is 8.00. The molecule has 0 aliphatic heterocycles. The van der Waals surface area contributed by atoms with E-state index in [4.69, 9.17) is 5.73 Å². The van der Waals surface area contributed by atoms with Crippen LogP contribution < -0.4 is 11.1 Å². The average molecular weight is 321 g/mol. The molecule has 0 aromatic carbocycles. The molecule has 1 amide bonds. The van der Waals surface area contributed by atoms with Gasteiger partial charge >= 0.3 is 0 Å². The van der Waals surface area contributed by atoms with Crippen molar-refractivity contribution in [3.05, 3.63) is 23.3 Å². The number of nitrogens with one attached hydrogen (secondary N) is 1. The van der Waals surface area contributed by atoms with Gasteiger partial charge in [-0.25, -0.2) is 0 Å². The van der Waals surface area contributed by atoms with Crippen molar-refractivity contribution in [3.8, 4) is 0 Å². The van der Waals surface area contributed by atoms with E-state index >= 15 is 0 Å². The summed E-state index contributed by atoms with van der Waals surface area (Å²) in [6, 6.07) is 1.86. The number of anilines is 1. The summed E-state index contributed by atoms with van der Waals surface area (Å²) in [5, 5.41) is 4.00. The fourth-order valence-electron chi connectivity index (χ4n) is 2.93. The number of carbonyl (C=O) groups excluding carboxylic acids is 1. The molecule has 0 saturated heterocycles. The van der Waals surface area contributed by atoms with Gasteiger partial charge in [-0.15, -0.1) is 11.3 Å². The Morgan fingerprint density at radius 1 is 1.52 bits per heavy atom. The van der Waals surface area contributed by atoms with Crippen molar-refractivity contribution in [2.24, 2.45) is 0 Å². The summed E-state index contributed by atoms with van der Waals surface area (Å²) in [6.45, 7) is 0.721. The molecule has 0 atom stereocenters. The number of amides is 1. The quantitative estimate of drug-likeness (QED) is 0.907. The van der Waals surface area contributed by atoms with Gasteiger partial charge in [-0.05, 0) is 25.2 Å². The van der Waals surface area contributed by atoms with Gasteiger partial charge in [0.05, 0.1) is 10.4 Å². The standard InChI is InChI=1S/C15H19N3OS2/c1-20-15(5-2-3-6-15)9-18-14(19)13-12(16)10-4-7-17-8-11(10)21-13/h4,7-8H,2-3,5-6,9,16H2,1H3,(H,18,19). The number of fused-ring (bicyclic) bond motifs is 1. The molecule has 21 heavy (non-hydrogen) atoms. The lowest BCUT2D eigenvalue weighted by molar-refractivity contribution is 0.0954. The number of nitrogens with two attached hydrogens (primary N) is 1. The van der Waals surface area contributed by atoms with Gasteiger partial charge in [0.15, 0.2) is 0 Å². The van der Waals surface area contributed by atoms with Crippen molar-refractivity contribution in [1.82, 2.24) is 10.3 Å². The first-order chi connectivity index (χ1) is 10.2. The molecule has 3 rings (SSSR count). The van der Waals surface area contributed by atoms with Crippen molar-refractivity contribution < 1.29 is 4.79 Å². The lowest BCUT2D eigenvalue weighted by atomic mass is 10.1. The van der Waals surface area contributed by atoms with Crippen molar-refractivity contribution >= 4 is 44.8 Å². The first-order valence-electron chi connectivity index (χ1n) is 7.10. The second kappa shape index (κ2) is 5.85. The molecule has 0 radical (unpaired) electrons. The number of hydrogen-bond donors (Lipinski definition) is 2. The largest absolute Gasteiger partial charge is 0.397 e. The maximum atomic E-state index is 12.4. The molecule has 0 bridgehead atoms. The lowest BCUT2D eigenvalue weighted by Gasteiger charge is -2.26. The number of thiophene rings is 1. The first kappa shape index (κ1) is 14.7. The number of aromatic nitrogens is 1. The van der Waals surface area contributed by atoms with Crippen LogP contribution in [0.4, 0.5) is 5.69 Å². The molecule has 2 aromatic rings. The zero-order valence-electron chi connectivity index (χ0n) is 12.0. The zero-order valence-corrected chi connectivity index (χ0v) is 13.6. The van der Waals surface area contributed by atoms with Crippen molar-refractivity contribution in [2.45, 2.75) is 30.4 Å². The normalized spacial score (nSPS) is 17.2. The molecule has 112 valence electrons. The number of rotatable bonds is 4. The van der Waals surface area contributed by atoms with Crippen LogP contribution in [0.3, 0.4) is 0 Å². The SMILES string of the molecule is CSC1(CNC(=O)c2sc3cnccc3c2N)CCCC1. The van der Waals surface area contributed by atoms with Crippen LogP contribution in [-0.2, 0) is 0 Å². The smallest absolute Gasteiger partial charge is 0.263 e. The second-order valence-corrected chi connectivity index (χ2v) is 7.82. The molecule has 1 aliphatic rings. The van der Waals surface area contributed by atoms with Gasteiger partial charge in [-0.2, -0.15) is 11.8 Å². The molecule has 1 fully saturated rings. The van der Waals surface area contributed by atoms with Crippen molar-refractivity contribution in [3.63, 3.8) is 0 Å². The Kier molecular flexibility index (Phi) is 4.08. The molecule has 2 heterocycles. The molecule has 1 aliphatic carbocycles. The summed E-state index contributed by atoms with van der Waals surface area (Å²) in [5.41, 5.74) is 6.67. The van der Waals surface area contributed by atoms with Gasteiger partial charge in [0, 0.05) is 29.1 Å². The average Bonchev–Trinajstić information content (AvgIpc) is 3.11. The van der Waals surface area contributed by atoms with E-state index in [2.05, 4.69) is 16.6 Å². The number of nitrogens with zero attached hydrogens (tertiary/aromatic N) is 1. The van der Waals surface area contributed by atoms with Crippen molar-refractivity contribution in [2.75, 3.05) is 18.5 Å². The summed E-state index contributed by atoms with van der Waals surface area (Å²) in [7, 11) is 0. The summed E-state index contributed by atoms with van der Waals surface area (Å²) in [6.07, 6.45) is 10.5. The van der Waals surface area contributed by atoms with E-state index < -0.39 is 0 Å². The summed E-state index contributed by atoms with van der Waals surface area (Å²) >= 11 is 3.29. The minimum atomic E-state index is -0.0611. The fraction of sp³-hybridized carbons (Fsp3) is 0.467. The first-order valence-corrected chi connectivity index (χ1v) is 9.15. The Balaban J connectivity index is 1.76. The molecular weight excluding hydrogens is 302 g/mol. The number of hydrogen-bond acceptors (Lipinski definition) is 5. The minimum absolute atomic E-state index is 0.0611. The van der Waals surface area contributed by atoms with E-state index in [1.54, 1.807) is 12.4 Å². The maximum Gasteiger partial charge on any atom is 0.263 e. The van der Waals surface area contributed by atoms with Crippen molar-refractivity contribution in [1.29, 1.82) is 0 Å². The van der Waals surface area contributed by atoms with Gasteiger partial charge in [0.1, 0.15) is 4.88 Å². The van der Waals surface area contributed by atoms with Crippen LogP contribution in [0.15, 0.2) is 18.5 Å². The molecule has 2 aromatic heterocycles. The second-order valence-electron chi connectivity index (χ2n) is 5.49. The highest BCUT2D eigenvalue weighted by Crippen LogP contribution is 2.40. The highest BCUT2D eigenvalue weighted by atomic mass is 32.2. The van der Waals surface area contributed by atoms with E-state index in [-0.39, 0.29) is 10.7 Å². The Bertz CT molecular complexity index is 662. The van der Waals surface area contributed by atoms with Crippen LogP contribution in [0.25, 0.3) is 10.1 Å². The minimum Gasteiger partial charge on any atom is -0.397 e. The summed E-state index contributed by atoms with van der Waals surface area (Å²) in [5.74, 6) is -0.0611. The number of thioether (sulfide) groups is 1. The lowest BCUT2D eigenvalue weighted by Crippen LogP contribution is -2.38. The third kappa shape index (κ3) is 2.74. The third-order valence-electron chi connectivity index (χ3n) is 4.26. The van der Waals surface area contributed by atoms with Gasteiger partial charge in [0.25, 0.3) is 5.91 Å². The summed E-state index contributed by atoms with van der Waals surface area (Å²) < 4.78 is 1.17. The fourth-order valence-corrected chi connectivity index (χ4v) is 4.85. The van der Waals surface area contributed by atoms with Gasteiger partial charge in [-0.1, -0.05) is 12.8 Å². The Labute approximate surface area is 132 Å². The molecule has 4 nitrogen and oxygen atoms in total. The highest BCUT2D eigenvalue weighted by Gasteiger charge is 2.33. The molecular formula is C15H19N3OS2. The topological polar surface area (TPSA) is 68.0 Å². The Morgan fingerprint density at radius 3 is 2.95 bits per heavy atom. The molecule has 3 N–H and O–H groups in total. The van der Waals surface area contributed by atoms with Crippen LogP contribution >= 0.6 is 23.1 Å². The Hall–Kier alpha value is -1.27. The monoisotopic (exact) mass is 321 g/mol. The van der Waals surface area contributed by atoms with Gasteiger partial charge in [0.2, 0.25) is 0 Å². The van der Waals surface area contributed by atoms with E-state index in [1.165, 1.54) is 37.0 Å². The maximum absolute atomic E-state index is 12.4. The van der Waals surface area contributed by atoms with E-state index in [1.807, 2.05) is 17.8 Å². The van der Waals surface area contributed by atoms with E-state index in [0.717, 1.165) is 16.6 Å². The van der Waals surface area contributed by atoms with Gasteiger partial charge < -0.3 is 11.1 Å². The molecule has 0 unspecified atom stereocenters. The van der Waals surface area contributed by atoms with E-state index in [9.17, 15) is 4.79 Å². The Morgan fingerprint density at radius 2 is 2.29 bits per heavy atom. The predicted molar refractivity (Wildman–Crippen MR) is 91.1 cm³/mol. The van der Waals surface area contributed by atoms with Crippen LogP contribution in [0, 0.1) is 0 Å². The van der Waals surface area contributed by atoms with Crippen LogP contribution in [-0.4, -0.2) is 28.4 Å². The van der Waals surface area contributed by atoms with Crippen LogP contribution in [0.2, 0.25) is 0 Å². The molecule has 0 spiro atoms. The predicted octanol–water partition coefficient (Wildman–Crippen LogP) is 3.28. The van der Waals surface area contributed by atoms with Crippen LogP contribution in [0.1, 0.15) is 35.4 Å². The number of carbonyl (C=O) groups is 1. The zero-order chi connectivity index (χ0) is 14.9. The summed E-state index contributed by atoms with van der Waals surface area (Å²) in [4.78, 5) is 17.1. The number of pyridine rings is 1. The van der Waals surface area contributed by atoms with Crippen LogP contribution in [0.5, 0.6) is 0 Å². The molecule has 1 saturated carbocycles.